The number of carbonyl (C=O) groups excluding carboxylic acids is 1. The summed E-state index contributed by atoms with van der Waals surface area (Å²) in [5.41, 5.74) is 3.02. The van der Waals surface area contributed by atoms with Crippen LogP contribution in [0.2, 0.25) is 0 Å². The number of amides is 1. The summed E-state index contributed by atoms with van der Waals surface area (Å²) in [6.45, 7) is 1.11. The van der Waals surface area contributed by atoms with Gasteiger partial charge >= 0.3 is 0 Å². The second-order valence-electron chi connectivity index (χ2n) is 5.23. The van der Waals surface area contributed by atoms with Crippen LogP contribution >= 0.6 is 0 Å². The van der Waals surface area contributed by atoms with Crippen LogP contribution in [0.3, 0.4) is 0 Å². The van der Waals surface area contributed by atoms with E-state index in [-0.39, 0.29) is 10.6 Å². The van der Waals surface area contributed by atoms with Crippen LogP contribution in [0.25, 0.3) is 0 Å². The molecule has 10 heteroatoms. The number of nitrogens with zero attached hydrogens (tertiary/aromatic N) is 2. The Bertz CT molecular complexity index is 942. The van der Waals surface area contributed by atoms with Gasteiger partial charge in [-0.3, -0.25) is 14.9 Å². The van der Waals surface area contributed by atoms with Crippen molar-refractivity contribution < 1.29 is 18.1 Å². The fraction of sp³-hybridized carbons (Fsp3) is 0.125. The summed E-state index contributed by atoms with van der Waals surface area (Å²) in [5, 5.41) is 14.5. The third-order valence-corrected chi connectivity index (χ3v) is 4.73. The Morgan fingerprint density at radius 2 is 1.92 bits per heavy atom. The van der Waals surface area contributed by atoms with Crippen molar-refractivity contribution in [3.63, 3.8) is 0 Å². The highest BCUT2D eigenvalue weighted by Gasteiger charge is 2.14. The molecule has 0 unspecified atom stereocenters. The first-order chi connectivity index (χ1) is 12.3. The Morgan fingerprint density at radius 3 is 2.58 bits per heavy atom. The zero-order chi connectivity index (χ0) is 19.2. The van der Waals surface area contributed by atoms with Gasteiger partial charge in [-0.05, 0) is 19.1 Å². The molecule has 0 aromatic heterocycles. The molecule has 2 aromatic rings. The number of hydrogen-bond acceptors (Lipinski definition) is 6. The fourth-order valence-corrected chi connectivity index (χ4v) is 2.97. The third kappa shape index (κ3) is 5.19. The molecule has 0 radical (unpaired) electrons. The molecule has 136 valence electrons. The zero-order valence-corrected chi connectivity index (χ0v) is 14.6. The van der Waals surface area contributed by atoms with Crippen LogP contribution in [0.1, 0.15) is 11.1 Å². The second-order valence-corrected chi connectivity index (χ2v) is 7.00. The molecule has 9 nitrogen and oxygen atoms in total. The summed E-state index contributed by atoms with van der Waals surface area (Å²) in [6, 6.07) is 12.1. The van der Waals surface area contributed by atoms with Crippen molar-refractivity contribution in [2.45, 2.75) is 11.8 Å². The Balaban J connectivity index is 1.92. The van der Waals surface area contributed by atoms with Gasteiger partial charge in [0.05, 0.1) is 22.6 Å². The van der Waals surface area contributed by atoms with E-state index in [0.29, 0.717) is 11.1 Å². The van der Waals surface area contributed by atoms with Gasteiger partial charge in [-0.1, -0.05) is 30.3 Å². The Morgan fingerprint density at radius 1 is 1.23 bits per heavy atom. The first kappa shape index (κ1) is 19.2. The number of hydrazone groups is 1. The van der Waals surface area contributed by atoms with Crippen molar-refractivity contribution in [3.8, 4) is 0 Å². The summed E-state index contributed by atoms with van der Waals surface area (Å²) in [6.07, 6.45) is 1.23. The number of carbonyl (C=O) groups is 1. The first-order valence-corrected chi connectivity index (χ1v) is 8.89. The number of nitro groups is 1. The summed E-state index contributed by atoms with van der Waals surface area (Å²) >= 11 is 0. The number of nitro benzene ring substituents is 1. The average molecular weight is 376 g/mol. The maximum atomic E-state index is 12.0. The lowest BCUT2D eigenvalue weighted by Crippen LogP contribution is -2.34. The molecule has 26 heavy (non-hydrogen) atoms. The van der Waals surface area contributed by atoms with Crippen LogP contribution in [0.15, 0.2) is 58.5 Å². The van der Waals surface area contributed by atoms with Crippen molar-refractivity contribution in [2.24, 2.45) is 5.10 Å². The topological polar surface area (TPSA) is 131 Å². The SMILES string of the molecule is Cc1ccc(/C=N\NC(=O)CNS(=O)(=O)c2ccccc2)cc1[N+](=O)[O-]. The molecular weight excluding hydrogens is 360 g/mol. The molecule has 0 aliphatic heterocycles. The molecule has 0 spiro atoms. The molecule has 2 rings (SSSR count). The molecule has 0 heterocycles. The van der Waals surface area contributed by atoms with E-state index in [2.05, 4.69) is 15.2 Å². The molecule has 0 aliphatic carbocycles. The average Bonchev–Trinajstić information content (AvgIpc) is 2.62. The second kappa shape index (κ2) is 8.32. The minimum atomic E-state index is -3.79. The van der Waals surface area contributed by atoms with Gasteiger partial charge in [0.2, 0.25) is 10.0 Å². The van der Waals surface area contributed by atoms with Crippen LogP contribution in [0.4, 0.5) is 5.69 Å². The summed E-state index contributed by atoms with van der Waals surface area (Å²) < 4.78 is 26.1. The van der Waals surface area contributed by atoms with Gasteiger partial charge in [-0.2, -0.15) is 5.10 Å². The molecule has 0 bridgehead atoms. The van der Waals surface area contributed by atoms with E-state index in [1.165, 1.54) is 24.4 Å². The van der Waals surface area contributed by atoms with E-state index in [1.807, 2.05) is 0 Å². The molecule has 0 saturated heterocycles. The summed E-state index contributed by atoms with van der Waals surface area (Å²) in [7, 11) is -3.79. The van der Waals surface area contributed by atoms with E-state index >= 15 is 0 Å². The smallest absolute Gasteiger partial charge is 0.272 e. The van der Waals surface area contributed by atoms with Crippen LogP contribution in [0, 0.1) is 17.0 Å². The quantitative estimate of drug-likeness (QED) is 0.428. The Labute approximate surface area is 149 Å². The highest BCUT2D eigenvalue weighted by molar-refractivity contribution is 7.89. The maximum Gasteiger partial charge on any atom is 0.272 e. The van der Waals surface area contributed by atoms with E-state index < -0.39 is 27.4 Å². The maximum absolute atomic E-state index is 12.0. The molecule has 2 aromatic carbocycles. The first-order valence-electron chi connectivity index (χ1n) is 7.41. The number of benzene rings is 2. The number of hydrogen-bond donors (Lipinski definition) is 2. The zero-order valence-electron chi connectivity index (χ0n) is 13.7. The largest absolute Gasteiger partial charge is 0.272 e. The van der Waals surface area contributed by atoms with Crippen LogP contribution in [-0.4, -0.2) is 32.0 Å². The number of rotatable bonds is 7. The van der Waals surface area contributed by atoms with Crippen LogP contribution in [0.5, 0.6) is 0 Å². The van der Waals surface area contributed by atoms with Crippen molar-refractivity contribution in [2.75, 3.05) is 6.54 Å². The van der Waals surface area contributed by atoms with Gasteiger partial charge in [0.25, 0.3) is 11.6 Å². The van der Waals surface area contributed by atoms with E-state index in [9.17, 15) is 23.3 Å². The highest BCUT2D eigenvalue weighted by Crippen LogP contribution is 2.18. The van der Waals surface area contributed by atoms with Gasteiger partial charge in [-0.25, -0.2) is 18.6 Å². The van der Waals surface area contributed by atoms with Crippen molar-refractivity contribution >= 4 is 27.8 Å². The lowest BCUT2D eigenvalue weighted by molar-refractivity contribution is -0.385. The normalized spacial score (nSPS) is 11.4. The third-order valence-electron chi connectivity index (χ3n) is 3.31. The van der Waals surface area contributed by atoms with E-state index in [1.54, 1.807) is 37.3 Å². The number of aryl methyl sites for hydroxylation is 1. The lowest BCUT2D eigenvalue weighted by Gasteiger charge is -2.05. The van der Waals surface area contributed by atoms with Crippen molar-refractivity contribution in [3.05, 3.63) is 69.8 Å². The van der Waals surface area contributed by atoms with Gasteiger partial charge in [0.1, 0.15) is 0 Å². The molecule has 2 N–H and O–H groups in total. The van der Waals surface area contributed by atoms with E-state index in [4.69, 9.17) is 0 Å². The molecule has 0 saturated carbocycles. The van der Waals surface area contributed by atoms with Gasteiger partial charge < -0.3 is 0 Å². The summed E-state index contributed by atoms with van der Waals surface area (Å²) in [5.74, 6) is -0.678. The molecule has 0 fully saturated rings. The van der Waals surface area contributed by atoms with E-state index in [0.717, 1.165) is 0 Å². The van der Waals surface area contributed by atoms with Gasteiger partial charge in [-0.15, -0.1) is 0 Å². The Hall–Kier alpha value is -3.11. The summed E-state index contributed by atoms with van der Waals surface area (Å²) in [4.78, 5) is 22.1. The highest BCUT2D eigenvalue weighted by atomic mass is 32.2. The predicted molar refractivity (Wildman–Crippen MR) is 95.2 cm³/mol. The Kier molecular flexibility index (Phi) is 6.15. The van der Waals surface area contributed by atoms with Crippen LogP contribution < -0.4 is 10.1 Å². The lowest BCUT2D eigenvalue weighted by atomic mass is 10.1. The van der Waals surface area contributed by atoms with Gasteiger partial charge in [0, 0.05) is 17.2 Å². The number of sulfonamides is 1. The minimum Gasteiger partial charge on any atom is -0.272 e. The predicted octanol–water partition coefficient (Wildman–Crippen LogP) is 1.33. The molecular formula is C16H16N4O5S. The monoisotopic (exact) mass is 376 g/mol. The minimum absolute atomic E-state index is 0.0447. The van der Waals surface area contributed by atoms with Crippen molar-refractivity contribution in [1.82, 2.24) is 10.1 Å². The standard InChI is InChI=1S/C16H16N4O5S/c1-12-7-8-13(9-15(12)20(22)23)10-17-19-16(21)11-18-26(24,25)14-5-3-2-4-6-14/h2-10,18H,11H2,1H3,(H,19,21)/b17-10-. The molecule has 0 aliphatic rings. The molecule has 0 atom stereocenters. The van der Waals surface area contributed by atoms with Gasteiger partial charge in [0.15, 0.2) is 0 Å². The van der Waals surface area contributed by atoms with Crippen LogP contribution in [-0.2, 0) is 14.8 Å². The number of nitrogens with one attached hydrogen (secondary N) is 2. The fourth-order valence-electron chi connectivity index (χ4n) is 1.97. The van der Waals surface area contributed by atoms with Crippen molar-refractivity contribution in [1.29, 1.82) is 0 Å². The molecule has 1 amide bonds.